The van der Waals surface area contributed by atoms with Gasteiger partial charge in [0.25, 0.3) is 0 Å². The standard InChI is InChI=1S/C13H9F7O4/c1-23-10(22)6-7(5-8(21)9-3-2-4-24-9)11(14,15)12(16,17)13(18,19)20/h2-5H,6H2,1H3/b7-5+. The number of carbonyl (C=O) groups is 2. The molecule has 0 fully saturated rings. The Morgan fingerprint density at radius 3 is 2.17 bits per heavy atom. The van der Waals surface area contributed by atoms with E-state index in [4.69, 9.17) is 0 Å². The van der Waals surface area contributed by atoms with E-state index >= 15 is 0 Å². The van der Waals surface area contributed by atoms with Crippen molar-refractivity contribution in [2.24, 2.45) is 0 Å². The molecule has 11 heteroatoms. The van der Waals surface area contributed by atoms with Crippen molar-refractivity contribution < 1.29 is 49.5 Å². The van der Waals surface area contributed by atoms with Crippen LogP contribution < -0.4 is 0 Å². The van der Waals surface area contributed by atoms with Gasteiger partial charge >= 0.3 is 24.0 Å². The molecule has 0 unspecified atom stereocenters. The lowest BCUT2D eigenvalue weighted by Crippen LogP contribution is -2.53. The van der Waals surface area contributed by atoms with Crippen LogP contribution in [0.25, 0.3) is 0 Å². The largest absolute Gasteiger partial charge is 0.469 e. The van der Waals surface area contributed by atoms with Crippen molar-refractivity contribution in [2.75, 3.05) is 7.11 Å². The first-order valence-electron chi connectivity index (χ1n) is 6.02. The number of carbonyl (C=O) groups excluding carboxylic acids is 2. The topological polar surface area (TPSA) is 56.5 Å². The fourth-order valence-corrected chi connectivity index (χ4v) is 1.51. The summed E-state index contributed by atoms with van der Waals surface area (Å²) in [6.07, 6.45) is -7.51. The molecular weight excluding hydrogens is 353 g/mol. The predicted octanol–water partition coefficient (Wildman–Crippen LogP) is 3.78. The lowest BCUT2D eigenvalue weighted by Gasteiger charge is -2.29. The summed E-state index contributed by atoms with van der Waals surface area (Å²) >= 11 is 0. The Hall–Kier alpha value is -2.33. The monoisotopic (exact) mass is 362 g/mol. The minimum atomic E-state index is -6.61. The Morgan fingerprint density at radius 1 is 1.17 bits per heavy atom. The summed E-state index contributed by atoms with van der Waals surface area (Å²) in [4.78, 5) is 22.7. The second-order valence-corrected chi connectivity index (χ2v) is 4.41. The van der Waals surface area contributed by atoms with E-state index in [0.717, 1.165) is 18.4 Å². The summed E-state index contributed by atoms with van der Waals surface area (Å²) in [5, 5.41) is 0. The average Bonchev–Trinajstić information content (AvgIpc) is 2.99. The predicted molar refractivity (Wildman–Crippen MR) is 63.7 cm³/mol. The third kappa shape index (κ3) is 3.77. The van der Waals surface area contributed by atoms with Crippen LogP contribution >= 0.6 is 0 Å². The molecule has 0 saturated heterocycles. The summed E-state index contributed by atoms with van der Waals surface area (Å²) in [5.74, 6) is -15.9. The molecule has 0 N–H and O–H groups in total. The summed E-state index contributed by atoms with van der Waals surface area (Å²) < 4.78 is 98.9. The molecule has 0 saturated carbocycles. The van der Waals surface area contributed by atoms with Crippen molar-refractivity contribution in [3.8, 4) is 0 Å². The molecule has 134 valence electrons. The molecule has 1 heterocycles. The maximum atomic E-state index is 13.7. The van der Waals surface area contributed by atoms with Crippen LogP contribution in [-0.4, -0.2) is 36.9 Å². The first-order valence-corrected chi connectivity index (χ1v) is 6.02. The van der Waals surface area contributed by atoms with Crippen LogP contribution in [0.4, 0.5) is 30.7 Å². The third-order valence-corrected chi connectivity index (χ3v) is 2.79. The highest BCUT2D eigenvalue weighted by Gasteiger charge is 2.74. The lowest BCUT2D eigenvalue weighted by molar-refractivity contribution is -0.344. The molecule has 0 aliphatic rings. The SMILES string of the molecule is COC(=O)C/C(=C\C(=O)c1ccco1)C(F)(F)C(F)(F)C(F)(F)F. The summed E-state index contributed by atoms with van der Waals surface area (Å²) in [5.41, 5.74) is -2.06. The molecular formula is C13H9F7O4. The number of halogens is 7. The van der Waals surface area contributed by atoms with Gasteiger partial charge in [0, 0.05) is 5.57 Å². The van der Waals surface area contributed by atoms with Crippen LogP contribution in [0.15, 0.2) is 34.5 Å². The molecule has 0 spiro atoms. The highest BCUT2D eigenvalue weighted by molar-refractivity contribution is 6.03. The number of methoxy groups -OCH3 is 1. The van der Waals surface area contributed by atoms with Gasteiger partial charge in [-0.2, -0.15) is 30.7 Å². The van der Waals surface area contributed by atoms with E-state index in [-0.39, 0.29) is 6.08 Å². The first kappa shape index (κ1) is 19.7. The van der Waals surface area contributed by atoms with Crippen LogP contribution in [-0.2, 0) is 9.53 Å². The molecule has 0 aromatic carbocycles. The number of alkyl halides is 7. The first-order chi connectivity index (χ1) is 10.8. The highest BCUT2D eigenvalue weighted by Crippen LogP contribution is 2.50. The molecule has 0 atom stereocenters. The van der Waals surface area contributed by atoms with E-state index in [0.29, 0.717) is 7.11 Å². The van der Waals surface area contributed by atoms with Gasteiger partial charge in [0.15, 0.2) is 5.76 Å². The number of ether oxygens (including phenoxy) is 1. The summed E-state index contributed by atoms with van der Waals surface area (Å²) in [6.45, 7) is 0. The number of rotatable bonds is 6. The second kappa shape index (κ2) is 6.65. The maximum absolute atomic E-state index is 13.7. The van der Waals surface area contributed by atoms with Crippen molar-refractivity contribution in [1.29, 1.82) is 0 Å². The molecule has 24 heavy (non-hydrogen) atoms. The Kier molecular flexibility index (Phi) is 5.47. The Balaban J connectivity index is 3.37. The minimum Gasteiger partial charge on any atom is -0.469 e. The van der Waals surface area contributed by atoms with E-state index < -0.39 is 47.5 Å². The quantitative estimate of drug-likeness (QED) is 0.334. The van der Waals surface area contributed by atoms with Gasteiger partial charge in [-0.25, -0.2) is 0 Å². The van der Waals surface area contributed by atoms with Crippen LogP contribution in [0.1, 0.15) is 17.0 Å². The molecule has 4 nitrogen and oxygen atoms in total. The van der Waals surface area contributed by atoms with E-state index in [1.54, 1.807) is 0 Å². The van der Waals surface area contributed by atoms with Crippen molar-refractivity contribution in [1.82, 2.24) is 0 Å². The normalized spacial score (nSPS) is 13.8. The van der Waals surface area contributed by atoms with Crippen molar-refractivity contribution in [2.45, 2.75) is 24.4 Å². The fraction of sp³-hybridized carbons (Fsp3) is 0.385. The number of furan rings is 1. The van der Waals surface area contributed by atoms with Gasteiger partial charge in [-0.3, -0.25) is 9.59 Å². The van der Waals surface area contributed by atoms with Crippen LogP contribution in [0.3, 0.4) is 0 Å². The maximum Gasteiger partial charge on any atom is 0.460 e. The molecule has 0 aliphatic heterocycles. The zero-order chi connectivity index (χ0) is 18.8. The fourth-order valence-electron chi connectivity index (χ4n) is 1.51. The number of esters is 1. The molecule has 1 aromatic rings. The van der Waals surface area contributed by atoms with Crippen LogP contribution in [0.2, 0.25) is 0 Å². The van der Waals surface area contributed by atoms with Crippen molar-refractivity contribution in [3.63, 3.8) is 0 Å². The molecule has 1 rings (SSSR count). The van der Waals surface area contributed by atoms with Crippen molar-refractivity contribution in [3.05, 3.63) is 35.8 Å². The van der Waals surface area contributed by atoms with E-state index in [1.807, 2.05) is 0 Å². The molecule has 0 amide bonds. The molecule has 0 bridgehead atoms. The summed E-state index contributed by atoms with van der Waals surface area (Å²) in [6, 6.07) is 2.12. The average molecular weight is 362 g/mol. The van der Waals surface area contributed by atoms with Gasteiger partial charge in [0.05, 0.1) is 19.8 Å². The lowest BCUT2D eigenvalue weighted by atomic mass is 9.97. The van der Waals surface area contributed by atoms with E-state index in [2.05, 4.69) is 9.15 Å². The van der Waals surface area contributed by atoms with Gasteiger partial charge < -0.3 is 9.15 Å². The smallest absolute Gasteiger partial charge is 0.460 e. The third-order valence-electron chi connectivity index (χ3n) is 2.79. The minimum absolute atomic E-state index is 0.199. The van der Waals surface area contributed by atoms with Crippen LogP contribution in [0, 0.1) is 0 Å². The van der Waals surface area contributed by atoms with Gasteiger partial charge in [0.2, 0.25) is 5.78 Å². The Labute approximate surface area is 129 Å². The number of allylic oxidation sites excluding steroid dienone is 1. The summed E-state index contributed by atoms with van der Waals surface area (Å²) in [7, 11) is 0.703. The Morgan fingerprint density at radius 2 is 1.75 bits per heavy atom. The molecule has 1 aromatic heterocycles. The second-order valence-electron chi connectivity index (χ2n) is 4.41. The number of hydrogen-bond donors (Lipinski definition) is 0. The zero-order valence-electron chi connectivity index (χ0n) is 11.8. The molecule has 0 radical (unpaired) electrons. The van der Waals surface area contributed by atoms with Gasteiger partial charge in [-0.05, 0) is 18.2 Å². The number of ketones is 1. The highest BCUT2D eigenvalue weighted by atomic mass is 19.4. The van der Waals surface area contributed by atoms with Crippen molar-refractivity contribution >= 4 is 11.8 Å². The molecule has 0 aliphatic carbocycles. The van der Waals surface area contributed by atoms with Gasteiger partial charge in [0.1, 0.15) is 0 Å². The van der Waals surface area contributed by atoms with E-state index in [1.165, 1.54) is 0 Å². The Bertz CT molecular complexity index is 629. The number of hydrogen-bond acceptors (Lipinski definition) is 4. The van der Waals surface area contributed by atoms with Gasteiger partial charge in [-0.15, -0.1) is 0 Å². The zero-order valence-corrected chi connectivity index (χ0v) is 11.8. The van der Waals surface area contributed by atoms with Gasteiger partial charge in [-0.1, -0.05) is 0 Å². The van der Waals surface area contributed by atoms with Crippen LogP contribution in [0.5, 0.6) is 0 Å². The van der Waals surface area contributed by atoms with E-state index in [9.17, 15) is 40.3 Å².